The van der Waals surface area contributed by atoms with E-state index in [1.165, 1.54) is 7.11 Å². The molecule has 146 valence electrons. The zero-order valence-electron chi connectivity index (χ0n) is 17.8. The number of allylic oxidation sites excluding steroid dienone is 1. The van der Waals surface area contributed by atoms with Crippen LogP contribution in [0, 0.1) is 5.92 Å². The van der Waals surface area contributed by atoms with Crippen molar-refractivity contribution in [1.29, 1.82) is 0 Å². The largest absolute Gasteiger partial charge is 0.547 e. The Balaban J connectivity index is 3.74. The maximum atomic E-state index is 12.9. The van der Waals surface area contributed by atoms with Gasteiger partial charge in [-0.15, -0.1) is 0 Å². The second-order valence-corrected chi connectivity index (χ2v) is 29.6. The monoisotopic (exact) mass is 438 g/mol. The highest BCUT2D eigenvalue weighted by Crippen LogP contribution is 2.71. The van der Waals surface area contributed by atoms with E-state index in [1.807, 2.05) is 0 Å². The fourth-order valence-corrected chi connectivity index (χ4v) is 29.7. The smallest absolute Gasteiger partial charge is 0.313 e. The number of esters is 1. The predicted molar refractivity (Wildman–Crippen MR) is 120 cm³/mol. The van der Waals surface area contributed by atoms with Crippen molar-refractivity contribution in [3.05, 3.63) is 11.8 Å². The molecule has 0 unspecified atom stereocenters. The van der Waals surface area contributed by atoms with Crippen LogP contribution in [0.2, 0.25) is 58.9 Å². The highest BCUT2D eigenvalue weighted by molar-refractivity contribution is 7.90. The molecular weight excluding hydrogens is 403 g/mol. The van der Waals surface area contributed by atoms with E-state index in [0.717, 1.165) is 5.76 Å². The molecule has 3 atom stereocenters. The number of carbonyl (C=O) groups is 1. The van der Waals surface area contributed by atoms with Gasteiger partial charge in [0.1, 0.15) is 0 Å². The highest BCUT2D eigenvalue weighted by atomic mass is 35.7. The first-order chi connectivity index (χ1) is 11.0. The molecular formula is C17H36ClO3PSi3. The summed E-state index contributed by atoms with van der Waals surface area (Å²) in [5.41, 5.74) is 0.169. The molecule has 1 heterocycles. The van der Waals surface area contributed by atoms with Gasteiger partial charge in [0.2, 0.25) is 8.32 Å². The number of ether oxygens (including phenoxy) is 1. The van der Waals surface area contributed by atoms with Gasteiger partial charge < -0.3 is 9.16 Å². The number of hydrogen-bond acceptors (Lipinski definition) is 3. The normalized spacial score (nSPS) is 27.5. The number of methoxy groups -OCH3 is 1. The summed E-state index contributed by atoms with van der Waals surface area (Å²) in [6, 6.07) is 0. The Morgan fingerprint density at radius 3 is 1.84 bits per heavy atom. The molecule has 0 aliphatic carbocycles. The van der Waals surface area contributed by atoms with Gasteiger partial charge in [0, 0.05) is 17.3 Å². The molecule has 0 amide bonds. The van der Waals surface area contributed by atoms with Gasteiger partial charge in [-0.05, 0) is 25.7 Å². The third-order valence-electron chi connectivity index (χ3n) is 5.04. The van der Waals surface area contributed by atoms with Crippen LogP contribution in [0.3, 0.4) is 0 Å². The Kier molecular flexibility index (Phi) is 6.95. The maximum Gasteiger partial charge on any atom is 0.313 e. The van der Waals surface area contributed by atoms with Crippen molar-refractivity contribution >= 4 is 48.9 Å². The van der Waals surface area contributed by atoms with Gasteiger partial charge in [0.05, 0.1) is 34.9 Å². The number of rotatable bonds is 5. The van der Waals surface area contributed by atoms with E-state index < -0.39 is 31.7 Å². The van der Waals surface area contributed by atoms with E-state index in [9.17, 15) is 4.79 Å². The summed E-state index contributed by atoms with van der Waals surface area (Å²) in [4.78, 5) is 12.9. The minimum Gasteiger partial charge on any atom is -0.547 e. The highest BCUT2D eigenvalue weighted by Gasteiger charge is 2.66. The van der Waals surface area contributed by atoms with Crippen LogP contribution in [0.1, 0.15) is 6.92 Å². The van der Waals surface area contributed by atoms with Crippen LogP contribution >= 0.6 is 18.5 Å². The van der Waals surface area contributed by atoms with Gasteiger partial charge in [-0.3, -0.25) is 4.79 Å². The molecule has 0 saturated carbocycles. The van der Waals surface area contributed by atoms with Crippen molar-refractivity contribution in [3.63, 3.8) is 0 Å². The van der Waals surface area contributed by atoms with Crippen LogP contribution in [-0.2, 0) is 14.0 Å². The summed E-state index contributed by atoms with van der Waals surface area (Å²) < 4.78 is 11.5. The standard InChI is InChI=1S/C17H36ClO3PSi3/c1-13-15(21-25(9,10)11)12-14(16(19)20-2)17(22(13)18,23(3,4)5)24(6,7)8/h12-14H,1-11H3/t13-,14-,22-/m0/s1. The minimum absolute atomic E-state index is 0.129. The van der Waals surface area contributed by atoms with Crippen LogP contribution in [0.4, 0.5) is 0 Å². The van der Waals surface area contributed by atoms with Gasteiger partial charge in [-0.1, -0.05) is 57.4 Å². The molecule has 3 nitrogen and oxygen atoms in total. The molecule has 0 bridgehead atoms. The average Bonchev–Trinajstić information content (AvgIpc) is 2.38. The maximum absolute atomic E-state index is 12.9. The van der Waals surface area contributed by atoms with Gasteiger partial charge in [-0.2, -0.15) is 0 Å². The van der Waals surface area contributed by atoms with Crippen molar-refractivity contribution in [2.24, 2.45) is 5.92 Å². The summed E-state index contributed by atoms with van der Waals surface area (Å²) >= 11 is 7.30. The first-order valence-electron chi connectivity index (χ1n) is 8.94. The van der Waals surface area contributed by atoms with E-state index in [2.05, 4.69) is 71.9 Å². The van der Waals surface area contributed by atoms with Gasteiger partial charge in [0.25, 0.3) is 0 Å². The van der Waals surface area contributed by atoms with Crippen molar-refractivity contribution in [1.82, 2.24) is 0 Å². The van der Waals surface area contributed by atoms with Crippen molar-refractivity contribution in [2.45, 2.75) is 75.9 Å². The minimum atomic E-state index is -1.81. The van der Waals surface area contributed by atoms with Gasteiger partial charge in [0.15, 0.2) is 0 Å². The van der Waals surface area contributed by atoms with Crippen LogP contribution in [0.15, 0.2) is 11.8 Å². The van der Waals surface area contributed by atoms with Crippen molar-refractivity contribution in [3.8, 4) is 0 Å². The molecule has 0 spiro atoms. The Hall–Kier alpha value is 0.381. The van der Waals surface area contributed by atoms with Crippen LogP contribution in [0.5, 0.6) is 0 Å². The fourth-order valence-electron chi connectivity index (χ4n) is 4.51. The molecule has 0 N–H and O–H groups in total. The Morgan fingerprint density at radius 2 is 1.52 bits per heavy atom. The quantitative estimate of drug-likeness (QED) is 0.298. The zero-order valence-corrected chi connectivity index (χ0v) is 22.4. The summed E-state index contributed by atoms with van der Waals surface area (Å²) in [6.45, 7) is 22.9. The molecule has 8 heteroatoms. The third-order valence-corrected chi connectivity index (χ3v) is 25.5. The molecule has 0 aromatic rings. The second kappa shape index (κ2) is 7.42. The van der Waals surface area contributed by atoms with Crippen LogP contribution < -0.4 is 0 Å². The van der Waals surface area contributed by atoms with Crippen LogP contribution in [0.25, 0.3) is 0 Å². The lowest BCUT2D eigenvalue weighted by Crippen LogP contribution is -2.71. The molecule has 1 aliphatic heterocycles. The average molecular weight is 439 g/mol. The van der Waals surface area contributed by atoms with Gasteiger partial charge >= 0.3 is 5.97 Å². The lowest BCUT2D eigenvalue weighted by Gasteiger charge is -2.60. The summed E-state index contributed by atoms with van der Waals surface area (Å²) in [6.07, 6.45) is 2.09. The molecule has 0 fully saturated rings. The Bertz CT molecular complexity index is 533. The Morgan fingerprint density at radius 1 is 1.08 bits per heavy atom. The molecule has 1 aliphatic rings. The SMILES string of the molecule is COC(=O)[C@@H]1C=C(O[Si](C)(C)C)[C@H](C)[P@](Cl)C1([Si](C)(C)C)[Si](C)(C)C. The molecule has 25 heavy (non-hydrogen) atoms. The van der Waals surface area contributed by atoms with E-state index in [-0.39, 0.29) is 21.9 Å². The summed E-state index contributed by atoms with van der Waals surface area (Å²) in [5.74, 6) is 0.478. The van der Waals surface area contributed by atoms with Gasteiger partial charge in [-0.25, -0.2) is 0 Å². The lowest BCUT2D eigenvalue weighted by molar-refractivity contribution is -0.143. The summed E-state index contributed by atoms with van der Waals surface area (Å²) in [7, 11) is -4.83. The number of carbonyl (C=O) groups excluding carboxylic acids is 1. The van der Waals surface area contributed by atoms with E-state index in [1.54, 1.807) is 0 Å². The first kappa shape index (κ1) is 23.4. The second-order valence-electron chi connectivity index (χ2n) is 10.0. The predicted octanol–water partition coefficient (Wildman–Crippen LogP) is 6.04. The Labute approximate surface area is 163 Å². The van der Waals surface area contributed by atoms with Crippen molar-refractivity contribution in [2.75, 3.05) is 7.11 Å². The van der Waals surface area contributed by atoms with Crippen molar-refractivity contribution < 1.29 is 14.0 Å². The van der Waals surface area contributed by atoms with Crippen LogP contribution in [-0.4, -0.2) is 47.6 Å². The van der Waals surface area contributed by atoms with E-state index in [0.29, 0.717) is 0 Å². The third kappa shape index (κ3) is 4.29. The topological polar surface area (TPSA) is 35.5 Å². The van der Waals surface area contributed by atoms with E-state index in [4.69, 9.17) is 20.4 Å². The number of halogens is 1. The zero-order chi connectivity index (χ0) is 20.0. The summed E-state index contributed by atoms with van der Waals surface area (Å²) in [5, 5.41) is 0. The molecule has 0 aromatic carbocycles. The number of hydrogen-bond donors (Lipinski definition) is 0. The molecule has 0 aromatic heterocycles. The molecule has 0 radical (unpaired) electrons. The van der Waals surface area contributed by atoms with E-state index >= 15 is 0 Å². The first-order valence-corrected chi connectivity index (χ1v) is 21.7. The molecule has 0 saturated heterocycles. The molecule has 1 rings (SSSR count). The fraction of sp³-hybridized carbons (Fsp3) is 0.824. The lowest BCUT2D eigenvalue weighted by atomic mass is 10.1.